The lowest BCUT2D eigenvalue weighted by Gasteiger charge is -2.10. The standard InChI is InChI=1S/C20H20N4O3/c1-3-13-4-5-14(21-11-13)12-26-15-6-8-18-17(10-15)22-20(27-18)16-7-9-19(25)24(2)23-16/h4-11,20,22H,3,12H2,1-2H3. The number of ether oxygens (including phenoxy) is 2. The Bertz CT molecular complexity index is 1010. The molecule has 7 heteroatoms. The summed E-state index contributed by atoms with van der Waals surface area (Å²) in [7, 11) is 1.61. The lowest BCUT2D eigenvalue weighted by molar-refractivity contribution is 0.250. The summed E-state index contributed by atoms with van der Waals surface area (Å²) in [4.78, 5) is 15.9. The minimum atomic E-state index is -0.440. The van der Waals surface area contributed by atoms with Crippen molar-refractivity contribution in [2.75, 3.05) is 5.32 Å². The first kappa shape index (κ1) is 17.1. The molecule has 0 bridgehead atoms. The van der Waals surface area contributed by atoms with Gasteiger partial charge < -0.3 is 14.8 Å². The van der Waals surface area contributed by atoms with Gasteiger partial charge in [0.05, 0.1) is 11.4 Å². The Morgan fingerprint density at radius 2 is 2.11 bits per heavy atom. The molecule has 1 atom stereocenters. The fourth-order valence-corrected chi connectivity index (χ4v) is 2.81. The molecule has 3 heterocycles. The molecular weight excluding hydrogens is 344 g/mol. The number of hydrogen-bond donors (Lipinski definition) is 1. The summed E-state index contributed by atoms with van der Waals surface area (Å²) < 4.78 is 13.0. The number of nitrogens with zero attached hydrogens (tertiary/aromatic N) is 3. The quantitative estimate of drug-likeness (QED) is 0.750. The average molecular weight is 364 g/mol. The summed E-state index contributed by atoms with van der Waals surface area (Å²) in [5, 5.41) is 7.48. The predicted octanol–water partition coefficient (Wildman–Crippen LogP) is 2.82. The smallest absolute Gasteiger partial charge is 0.266 e. The van der Waals surface area contributed by atoms with E-state index in [1.807, 2.05) is 30.5 Å². The molecular formula is C20H20N4O3. The molecule has 2 aromatic heterocycles. The van der Waals surface area contributed by atoms with Gasteiger partial charge in [0.1, 0.15) is 23.8 Å². The highest BCUT2D eigenvalue weighted by atomic mass is 16.5. The highest BCUT2D eigenvalue weighted by molar-refractivity contribution is 5.63. The summed E-state index contributed by atoms with van der Waals surface area (Å²) in [5.74, 6) is 1.44. The van der Waals surface area contributed by atoms with E-state index >= 15 is 0 Å². The Balaban J connectivity index is 1.44. The molecule has 7 nitrogen and oxygen atoms in total. The van der Waals surface area contributed by atoms with Crippen LogP contribution in [0, 0.1) is 0 Å². The van der Waals surface area contributed by atoms with Gasteiger partial charge in [-0.2, -0.15) is 5.10 Å². The maximum absolute atomic E-state index is 11.5. The first-order valence-corrected chi connectivity index (χ1v) is 8.80. The number of hydrogen-bond acceptors (Lipinski definition) is 6. The number of nitrogens with one attached hydrogen (secondary N) is 1. The Labute approximate surface area is 156 Å². The molecule has 0 radical (unpaired) electrons. The van der Waals surface area contributed by atoms with E-state index < -0.39 is 6.23 Å². The van der Waals surface area contributed by atoms with Gasteiger partial charge in [-0.1, -0.05) is 13.0 Å². The highest BCUT2D eigenvalue weighted by Crippen LogP contribution is 2.39. The van der Waals surface area contributed by atoms with Crippen LogP contribution in [0.15, 0.2) is 53.5 Å². The van der Waals surface area contributed by atoms with Crippen LogP contribution in [0.3, 0.4) is 0 Å². The van der Waals surface area contributed by atoms with Crippen LogP contribution < -0.4 is 20.3 Å². The largest absolute Gasteiger partial charge is 0.487 e. The van der Waals surface area contributed by atoms with Crippen molar-refractivity contribution >= 4 is 5.69 Å². The van der Waals surface area contributed by atoms with Crippen molar-refractivity contribution in [2.24, 2.45) is 7.05 Å². The minimum absolute atomic E-state index is 0.162. The molecule has 1 aliphatic heterocycles. The maximum Gasteiger partial charge on any atom is 0.266 e. The van der Waals surface area contributed by atoms with Crippen molar-refractivity contribution in [1.82, 2.24) is 14.8 Å². The third-order valence-electron chi connectivity index (χ3n) is 4.41. The van der Waals surface area contributed by atoms with Crippen LogP contribution in [0.2, 0.25) is 0 Å². The van der Waals surface area contributed by atoms with Crippen molar-refractivity contribution < 1.29 is 9.47 Å². The van der Waals surface area contributed by atoms with Crippen LogP contribution >= 0.6 is 0 Å². The van der Waals surface area contributed by atoms with Gasteiger partial charge >= 0.3 is 0 Å². The van der Waals surface area contributed by atoms with Crippen molar-refractivity contribution in [2.45, 2.75) is 26.2 Å². The summed E-state index contributed by atoms with van der Waals surface area (Å²) in [6.45, 7) is 2.50. The number of aryl methyl sites for hydroxylation is 2. The zero-order valence-corrected chi connectivity index (χ0v) is 15.2. The molecule has 1 aromatic carbocycles. The second-order valence-electron chi connectivity index (χ2n) is 6.32. The van der Waals surface area contributed by atoms with Crippen molar-refractivity contribution in [3.05, 3.63) is 76.0 Å². The number of aromatic nitrogens is 3. The summed E-state index contributed by atoms with van der Waals surface area (Å²) >= 11 is 0. The lowest BCUT2D eigenvalue weighted by Crippen LogP contribution is -2.23. The summed E-state index contributed by atoms with van der Waals surface area (Å²) in [6.07, 6.45) is 2.41. The van der Waals surface area contributed by atoms with Crippen LogP contribution in [0.4, 0.5) is 5.69 Å². The van der Waals surface area contributed by atoms with E-state index in [-0.39, 0.29) is 5.56 Å². The van der Waals surface area contributed by atoms with E-state index in [9.17, 15) is 4.79 Å². The van der Waals surface area contributed by atoms with E-state index in [2.05, 4.69) is 28.4 Å². The van der Waals surface area contributed by atoms with Crippen LogP contribution in [-0.4, -0.2) is 14.8 Å². The molecule has 0 aliphatic carbocycles. The second kappa shape index (κ2) is 7.11. The van der Waals surface area contributed by atoms with Crippen molar-refractivity contribution in [3.63, 3.8) is 0 Å². The van der Waals surface area contributed by atoms with Crippen molar-refractivity contribution in [3.8, 4) is 11.5 Å². The van der Waals surface area contributed by atoms with Gasteiger partial charge in [-0.05, 0) is 36.2 Å². The Hall–Kier alpha value is -3.35. The molecule has 0 fully saturated rings. The number of rotatable bonds is 5. The van der Waals surface area contributed by atoms with Crippen molar-refractivity contribution in [1.29, 1.82) is 0 Å². The first-order chi connectivity index (χ1) is 13.1. The number of fused-ring (bicyclic) bond motifs is 1. The molecule has 0 saturated carbocycles. The highest BCUT2D eigenvalue weighted by Gasteiger charge is 2.25. The molecule has 138 valence electrons. The molecule has 1 aliphatic rings. The predicted molar refractivity (Wildman–Crippen MR) is 101 cm³/mol. The minimum Gasteiger partial charge on any atom is -0.487 e. The number of pyridine rings is 1. The Morgan fingerprint density at radius 3 is 2.85 bits per heavy atom. The fraction of sp³-hybridized carbons (Fsp3) is 0.250. The zero-order chi connectivity index (χ0) is 18.8. The monoisotopic (exact) mass is 364 g/mol. The molecule has 4 rings (SSSR count). The average Bonchev–Trinajstić information content (AvgIpc) is 3.12. The van der Waals surface area contributed by atoms with Gasteiger partial charge in [0.2, 0.25) is 6.23 Å². The molecule has 1 unspecified atom stereocenters. The van der Waals surface area contributed by atoms with E-state index in [4.69, 9.17) is 9.47 Å². The molecule has 3 aromatic rings. The third kappa shape index (κ3) is 3.62. The van der Waals surface area contributed by atoms with E-state index in [0.29, 0.717) is 18.1 Å². The van der Waals surface area contributed by atoms with Gasteiger partial charge in [0, 0.05) is 25.4 Å². The normalized spacial score (nSPS) is 15.0. The SMILES string of the molecule is CCc1ccc(COc2ccc3c(c2)NC(c2ccc(=O)n(C)n2)O3)nc1. The molecule has 0 amide bonds. The second-order valence-corrected chi connectivity index (χ2v) is 6.32. The van der Waals surface area contributed by atoms with Gasteiger partial charge in [0.15, 0.2) is 0 Å². The lowest BCUT2D eigenvalue weighted by atomic mass is 10.2. The molecule has 0 saturated heterocycles. The fourth-order valence-electron chi connectivity index (χ4n) is 2.81. The third-order valence-corrected chi connectivity index (χ3v) is 4.41. The summed E-state index contributed by atoms with van der Waals surface area (Å²) in [5.41, 5.74) is 3.38. The van der Waals surface area contributed by atoms with Crippen LogP contribution in [0.1, 0.15) is 30.1 Å². The van der Waals surface area contributed by atoms with Gasteiger partial charge in [-0.15, -0.1) is 0 Å². The molecule has 27 heavy (non-hydrogen) atoms. The maximum atomic E-state index is 11.5. The first-order valence-electron chi connectivity index (χ1n) is 8.80. The van der Waals surface area contributed by atoms with Crippen LogP contribution in [0.5, 0.6) is 11.5 Å². The summed E-state index contributed by atoms with van der Waals surface area (Å²) in [6, 6.07) is 12.8. The Kier molecular flexibility index (Phi) is 4.50. The molecule has 1 N–H and O–H groups in total. The van der Waals surface area contributed by atoms with Crippen LogP contribution in [-0.2, 0) is 20.1 Å². The number of anilines is 1. The van der Waals surface area contributed by atoms with E-state index in [1.54, 1.807) is 13.1 Å². The van der Waals surface area contributed by atoms with Gasteiger partial charge in [0.25, 0.3) is 5.56 Å². The topological polar surface area (TPSA) is 78.3 Å². The van der Waals surface area contributed by atoms with E-state index in [1.165, 1.54) is 16.3 Å². The van der Waals surface area contributed by atoms with Crippen LogP contribution in [0.25, 0.3) is 0 Å². The van der Waals surface area contributed by atoms with Gasteiger partial charge in [-0.3, -0.25) is 9.78 Å². The molecule has 0 spiro atoms. The van der Waals surface area contributed by atoms with E-state index in [0.717, 1.165) is 23.6 Å². The zero-order valence-electron chi connectivity index (χ0n) is 15.2. The van der Waals surface area contributed by atoms with Gasteiger partial charge in [-0.25, -0.2) is 4.68 Å². The number of benzene rings is 1. The Morgan fingerprint density at radius 1 is 1.22 bits per heavy atom.